The molecule has 0 atom stereocenters. The standard InChI is InChI=1S/C16H20N4/c1-3-20(12-15-11-7-8-13(2)18-15)16(17)19-14-9-5-4-6-10-14/h4-11H,3,12H2,1-2H3,(H2,17,19). The van der Waals surface area contributed by atoms with E-state index in [0.717, 1.165) is 23.6 Å². The van der Waals surface area contributed by atoms with Gasteiger partial charge < -0.3 is 10.6 Å². The van der Waals surface area contributed by atoms with Crippen molar-refractivity contribution in [2.24, 2.45) is 10.7 Å². The van der Waals surface area contributed by atoms with E-state index in [1.165, 1.54) is 0 Å². The molecule has 2 aromatic rings. The van der Waals surface area contributed by atoms with E-state index >= 15 is 0 Å². The number of hydrogen-bond donors (Lipinski definition) is 1. The molecule has 0 aliphatic carbocycles. The summed E-state index contributed by atoms with van der Waals surface area (Å²) in [5.41, 5.74) is 8.97. The zero-order chi connectivity index (χ0) is 14.4. The molecule has 20 heavy (non-hydrogen) atoms. The maximum absolute atomic E-state index is 6.09. The number of hydrogen-bond acceptors (Lipinski definition) is 2. The largest absolute Gasteiger partial charge is 0.369 e. The van der Waals surface area contributed by atoms with Crippen LogP contribution in [-0.4, -0.2) is 22.4 Å². The fourth-order valence-electron chi connectivity index (χ4n) is 1.94. The number of rotatable bonds is 4. The number of nitrogens with zero attached hydrogens (tertiary/aromatic N) is 3. The van der Waals surface area contributed by atoms with Crippen LogP contribution in [0.25, 0.3) is 0 Å². The molecule has 1 aromatic heterocycles. The molecule has 4 heteroatoms. The summed E-state index contributed by atoms with van der Waals surface area (Å²) < 4.78 is 0. The van der Waals surface area contributed by atoms with E-state index in [9.17, 15) is 0 Å². The minimum Gasteiger partial charge on any atom is -0.369 e. The molecule has 0 aliphatic heterocycles. The maximum atomic E-state index is 6.09. The predicted molar refractivity (Wildman–Crippen MR) is 82.8 cm³/mol. The molecule has 0 amide bonds. The quantitative estimate of drug-likeness (QED) is 0.685. The second-order valence-corrected chi connectivity index (χ2v) is 4.59. The molecular formula is C16H20N4. The van der Waals surface area contributed by atoms with Gasteiger partial charge in [0.2, 0.25) is 0 Å². The van der Waals surface area contributed by atoms with Crippen molar-refractivity contribution in [1.29, 1.82) is 0 Å². The molecule has 0 bridgehead atoms. The van der Waals surface area contributed by atoms with E-state index in [-0.39, 0.29) is 0 Å². The zero-order valence-electron chi connectivity index (χ0n) is 12.0. The highest BCUT2D eigenvalue weighted by Gasteiger charge is 2.07. The molecule has 0 saturated carbocycles. The fourth-order valence-corrected chi connectivity index (χ4v) is 1.94. The van der Waals surface area contributed by atoms with Gasteiger partial charge in [-0.15, -0.1) is 0 Å². The van der Waals surface area contributed by atoms with Gasteiger partial charge in [-0.2, -0.15) is 0 Å². The molecule has 104 valence electrons. The van der Waals surface area contributed by atoms with Gasteiger partial charge in [0.25, 0.3) is 0 Å². The van der Waals surface area contributed by atoms with Crippen LogP contribution in [0.3, 0.4) is 0 Å². The average Bonchev–Trinajstić information content (AvgIpc) is 2.46. The number of para-hydroxylation sites is 1. The first-order valence-electron chi connectivity index (χ1n) is 6.75. The summed E-state index contributed by atoms with van der Waals surface area (Å²) in [6.45, 7) is 5.50. The molecular weight excluding hydrogens is 248 g/mol. The van der Waals surface area contributed by atoms with Crippen LogP contribution in [0, 0.1) is 6.92 Å². The highest BCUT2D eigenvalue weighted by molar-refractivity contribution is 5.80. The summed E-state index contributed by atoms with van der Waals surface area (Å²) in [5, 5.41) is 0. The summed E-state index contributed by atoms with van der Waals surface area (Å²) in [4.78, 5) is 10.9. The van der Waals surface area contributed by atoms with Crippen LogP contribution in [0.15, 0.2) is 53.5 Å². The number of nitrogens with two attached hydrogens (primary N) is 1. The number of aryl methyl sites for hydroxylation is 1. The molecule has 1 aromatic carbocycles. The van der Waals surface area contributed by atoms with E-state index in [0.29, 0.717) is 12.5 Å². The van der Waals surface area contributed by atoms with E-state index in [2.05, 4.69) is 16.9 Å². The van der Waals surface area contributed by atoms with E-state index < -0.39 is 0 Å². The summed E-state index contributed by atoms with van der Waals surface area (Å²) >= 11 is 0. The van der Waals surface area contributed by atoms with Gasteiger partial charge in [0.05, 0.1) is 17.9 Å². The number of aromatic nitrogens is 1. The van der Waals surface area contributed by atoms with Crippen LogP contribution in [0.4, 0.5) is 5.69 Å². The third kappa shape index (κ3) is 3.82. The Bertz CT molecular complexity index is 578. The van der Waals surface area contributed by atoms with Crippen molar-refractivity contribution in [3.63, 3.8) is 0 Å². The van der Waals surface area contributed by atoms with Gasteiger partial charge in [0.15, 0.2) is 5.96 Å². The lowest BCUT2D eigenvalue weighted by Gasteiger charge is -2.21. The Morgan fingerprint density at radius 1 is 1.15 bits per heavy atom. The average molecular weight is 268 g/mol. The molecule has 2 rings (SSSR count). The highest BCUT2D eigenvalue weighted by Crippen LogP contribution is 2.11. The van der Waals surface area contributed by atoms with Gasteiger partial charge in [-0.3, -0.25) is 4.98 Å². The van der Waals surface area contributed by atoms with Gasteiger partial charge in [0.1, 0.15) is 0 Å². The summed E-state index contributed by atoms with van der Waals surface area (Å²) in [7, 11) is 0. The van der Waals surface area contributed by atoms with E-state index in [4.69, 9.17) is 5.73 Å². The van der Waals surface area contributed by atoms with E-state index in [1.807, 2.05) is 60.4 Å². The van der Waals surface area contributed by atoms with Crippen molar-refractivity contribution in [3.05, 3.63) is 59.9 Å². The Morgan fingerprint density at radius 3 is 2.55 bits per heavy atom. The maximum Gasteiger partial charge on any atom is 0.196 e. The SMILES string of the molecule is CCN(Cc1cccc(C)n1)C(N)=Nc1ccccc1. The van der Waals surface area contributed by atoms with Gasteiger partial charge in [-0.25, -0.2) is 4.99 Å². The molecule has 0 saturated heterocycles. The normalized spacial score (nSPS) is 11.4. The lowest BCUT2D eigenvalue weighted by molar-refractivity contribution is 0.424. The Kier molecular flexibility index (Phi) is 4.71. The number of aliphatic imine (C=N–C) groups is 1. The first kappa shape index (κ1) is 14.1. The van der Waals surface area contributed by atoms with Gasteiger partial charge in [0, 0.05) is 12.2 Å². The minimum absolute atomic E-state index is 0.516. The first-order valence-corrected chi connectivity index (χ1v) is 6.75. The lowest BCUT2D eigenvalue weighted by Crippen LogP contribution is -2.36. The highest BCUT2D eigenvalue weighted by atomic mass is 15.2. The lowest BCUT2D eigenvalue weighted by atomic mass is 10.3. The third-order valence-electron chi connectivity index (χ3n) is 3.00. The predicted octanol–water partition coefficient (Wildman–Crippen LogP) is 2.86. The molecule has 0 unspecified atom stereocenters. The fraction of sp³-hybridized carbons (Fsp3) is 0.250. The summed E-state index contributed by atoms with van der Waals surface area (Å²) in [5.74, 6) is 0.516. The monoisotopic (exact) mass is 268 g/mol. The Balaban J connectivity index is 2.14. The van der Waals surface area contributed by atoms with Crippen LogP contribution in [-0.2, 0) is 6.54 Å². The molecule has 0 fully saturated rings. The van der Waals surface area contributed by atoms with Crippen molar-refractivity contribution >= 4 is 11.6 Å². The second-order valence-electron chi connectivity index (χ2n) is 4.59. The molecule has 1 heterocycles. The van der Waals surface area contributed by atoms with Crippen molar-refractivity contribution in [2.75, 3.05) is 6.54 Å². The van der Waals surface area contributed by atoms with Crippen LogP contribution in [0.5, 0.6) is 0 Å². The second kappa shape index (κ2) is 6.70. The smallest absolute Gasteiger partial charge is 0.196 e. The van der Waals surface area contributed by atoms with E-state index in [1.54, 1.807) is 0 Å². The van der Waals surface area contributed by atoms with Crippen LogP contribution < -0.4 is 5.73 Å². The molecule has 0 aliphatic rings. The Morgan fingerprint density at radius 2 is 1.90 bits per heavy atom. The van der Waals surface area contributed by atoms with Crippen molar-refractivity contribution in [2.45, 2.75) is 20.4 Å². The van der Waals surface area contributed by atoms with Crippen molar-refractivity contribution < 1.29 is 0 Å². The van der Waals surface area contributed by atoms with Crippen LogP contribution in [0.2, 0.25) is 0 Å². The Hall–Kier alpha value is -2.36. The van der Waals surface area contributed by atoms with Crippen molar-refractivity contribution in [3.8, 4) is 0 Å². The van der Waals surface area contributed by atoms with Crippen molar-refractivity contribution in [1.82, 2.24) is 9.88 Å². The molecule has 2 N–H and O–H groups in total. The summed E-state index contributed by atoms with van der Waals surface area (Å²) in [6.07, 6.45) is 0. The van der Waals surface area contributed by atoms with Gasteiger partial charge in [-0.05, 0) is 38.1 Å². The van der Waals surface area contributed by atoms with Crippen LogP contribution in [0.1, 0.15) is 18.3 Å². The minimum atomic E-state index is 0.516. The number of pyridine rings is 1. The van der Waals surface area contributed by atoms with Gasteiger partial charge >= 0.3 is 0 Å². The third-order valence-corrected chi connectivity index (χ3v) is 3.00. The number of benzene rings is 1. The first-order chi connectivity index (χ1) is 9.69. The molecule has 4 nitrogen and oxygen atoms in total. The molecule has 0 radical (unpaired) electrons. The number of guanidine groups is 1. The van der Waals surface area contributed by atoms with Gasteiger partial charge in [-0.1, -0.05) is 24.3 Å². The zero-order valence-corrected chi connectivity index (χ0v) is 12.0. The topological polar surface area (TPSA) is 54.5 Å². The molecule has 0 spiro atoms. The van der Waals surface area contributed by atoms with Crippen LogP contribution >= 0.6 is 0 Å². The Labute approximate surface area is 120 Å². The summed E-state index contributed by atoms with van der Waals surface area (Å²) in [6, 6.07) is 15.7.